The number of hydrogen-bond donors (Lipinski definition) is 1. The topological polar surface area (TPSA) is 82.9 Å². The first-order valence-corrected chi connectivity index (χ1v) is 12.9. The van der Waals surface area contributed by atoms with Crippen LogP contribution in [0.15, 0.2) is 47.3 Å². The minimum atomic E-state index is -0.446. The van der Waals surface area contributed by atoms with Crippen molar-refractivity contribution in [2.45, 2.75) is 52.6 Å². The van der Waals surface area contributed by atoms with Crippen LogP contribution in [-0.2, 0) is 5.54 Å². The molecule has 1 saturated heterocycles. The van der Waals surface area contributed by atoms with Crippen LogP contribution >= 0.6 is 0 Å². The van der Waals surface area contributed by atoms with E-state index in [4.69, 9.17) is 0 Å². The predicted molar refractivity (Wildman–Crippen MR) is 144 cm³/mol. The van der Waals surface area contributed by atoms with Crippen LogP contribution in [0.1, 0.15) is 55.7 Å². The number of benzene rings is 2. The third-order valence-electron chi connectivity index (χ3n) is 7.83. The third-order valence-corrected chi connectivity index (χ3v) is 7.83. The van der Waals surface area contributed by atoms with Gasteiger partial charge in [-0.2, -0.15) is 0 Å². The van der Waals surface area contributed by atoms with Crippen LogP contribution in [0.2, 0.25) is 0 Å². The van der Waals surface area contributed by atoms with E-state index in [2.05, 4.69) is 64.1 Å². The number of para-hydroxylation sites is 1. The third kappa shape index (κ3) is 4.64. The van der Waals surface area contributed by atoms with Gasteiger partial charge in [0.05, 0.1) is 11.2 Å². The number of tetrazole rings is 1. The minimum absolute atomic E-state index is 0.152. The molecule has 0 bridgehead atoms. The maximum absolute atomic E-state index is 14.5. The molecule has 3 heterocycles. The van der Waals surface area contributed by atoms with Crippen LogP contribution < -0.4 is 10.5 Å². The maximum atomic E-state index is 14.5. The number of nitrogens with zero attached hydrogens (tertiary/aromatic N) is 6. The number of aromatic amines is 1. The average molecular weight is 504 g/mol. The second-order valence-electron chi connectivity index (χ2n) is 10.6. The SMILES string of the molecule is CCC(C)(C)n1nnnc1[C@@H](c1cc2cc(C)c(C)cc2[nH]c1=O)N1CCN(c2ccccc2F)CC1. The Bertz CT molecular complexity index is 1480. The molecule has 0 spiro atoms. The smallest absolute Gasteiger partial charge is 0.253 e. The molecule has 9 heteroatoms. The van der Waals surface area contributed by atoms with Crippen molar-refractivity contribution in [2.24, 2.45) is 0 Å². The number of pyridine rings is 1. The van der Waals surface area contributed by atoms with Gasteiger partial charge < -0.3 is 9.88 Å². The van der Waals surface area contributed by atoms with Gasteiger partial charge in [-0.25, -0.2) is 9.07 Å². The highest BCUT2D eigenvalue weighted by Gasteiger charge is 2.36. The van der Waals surface area contributed by atoms with Gasteiger partial charge >= 0.3 is 0 Å². The zero-order valence-corrected chi connectivity index (χ0v) is 22.1. The number of hydrogen-bond acceptors (Lipinski definition) is 6. The summed E-state index contributed by atoms with van der Waals surface area (Å²) in [5.74, 6) is 0.414. The van der Waals surface area contributed by atoms with Crippen molar-refractivity contribution < 1.29 is 4.39 Å². The molecule has 2 aromatic heterocycles. The van der Waals surface area contributed by atoms with Gasteiger partial charge in [0.2, 0.25) is 0 Å². The monoisotopic (exact) mass is 503 g/mol. The van der Waals surface area contributed by atoms with E-state index in [0.717, 1.165) is 28.5 Å². The Morgan fingerprint density at radius 2 is 1.76 bits per heavy atom. The molecule has 5 rings (SSSR count). The van der Waals surface area contributed by atoms with Crippen LogP contribution in [0.4, 0.5) is 10.1 Å². The van der Waals surface area contributed by atoms with Crippen molar-refractivity contribution in [1.82, 2.24) is 30.1 Å². The maximum Gasteiger partial charge on any atom is 0.253 e. The summed E-state index contributed by atoms with van der Waals surface area (Å²) in [6.07, 6.45) is 0.825. The summed E-state index contributed by atoms with van der Waals surface area (Å²) in [6.45, 7) is 12.9. The molecule has 0 saturated carbocycles. The summed E-state index contributed by atoms with van der Waals surface area (Å²) >= 11 is 0. The number of H-pyrrole nitrogens is 1. The largest absolute Gasteiger partial charge is 0.367 e. The van der Waals surface area contributed by atoms with Crippen LogP contribution in [0, 0.1) is 19.7 Å². The molecule has 0 radical (unpaired) electrons. The Labute approximate surface area is 216 Å². The van der Waals surface area contributed by atoms with E-state index in [1.54, 1.807) is 6.07 Å². The van der Waals surface area contributed by atoms with E-state index in [1.807, 2.05) is 35.9 Å². The lowest BCUT2D eigenvalue weighted by atomic mass is 9.98. The van der Waals surface area contributed by atoms with E-state index < -0.39 is 6.04 Å². The molecule has 1 aliphatic rings. The Kier molecular flexibility index (Phi) is 6.58. The van der Waals surface area contributed by atoms with Crippen molar-refractivity contribution in [1.29, 1.82) is 0 Å². The number of halogens is 1. The summed E-state index contributed by atoms with van der Waals surface area (Å²) in [7, 11) is 0. The van der Waals surface area contributed by atoms with E-state index in [1.165, 1.54) is 6.07 Å². The van der Waals surface area contributed by atoms with Gasteiger partial charge in [0.1, 0.15) is 11.9 Å². The van der Waals surface area contributed by atoms with Gasteiger partial charge in [-0.1, -0.05) is 19.1 Å². The second kappa shape index (κ2) is 9.70. The van der Waals surface area contributed by atoms with Crippen molar-refractivity contribution in [3.63, 3.8) is 0 Å². The van der Waals surface area contributed by atoms with Crippen LogP contribution in [-0.4, -0.2) is 56.3 Å². The molecular formula is C28H34FN7O. The molecule has 4 aromatic rings. The molecule has 0 aliphatic carbocycles. The second-order valence-corrected chi connectivity index (χ2v) is 10.6. The molecule has 2 aromatic carbocycles. The number of aromatic nitrogens is 5. The molecule has 1 fully saturated rings. The quantitative estimate of drug-likeness (QED) is 0.422. The highest BCUT2D eigenvalue weighted by molar-refractivity contribution is 5.81. The Morgan fingerprint density at radius 3 is 2.46 bits per heavy atom. The normalized spacial score (nSPS) is 15.9. The van der Waals surface area contributed by atoms with E-state index in [9.17, 15) is 9.18 Å². The fourth-order valence-corrected chi connectivity index (χ4v) is 5.07. The van der Waals surface area contributed by atoms with Crippen molar-refractivity contribution in [3.05, 3.63) is 81.2 Å². The number of piperazine rings is 1. The van der Waals surface area contributed by atoms with Gasteiger partial charge in [0, 0.05) is 37.3 Å². The highest BCUT2D eigenvalue weighted by Crippen LogP contribution is 2.32. The van der Waals surface area contributed by atoms with Crippen molar-refractivity contribution >= 4 is 16.6 Å². The molecule has 194 valence electrons. The molecular weight excluding hydrogens is 469 g/mol. The van der Waals surface area contributed by atoms with Gasteiger partial charge in [-0.3, -0.25) is 9.69 Å². The van der Waals surface area contributed by atoms with Gasteiger partial charge in [-0.05, 0) is 91.4 Å². The zero-order valence-electron chi connectivity index (χ0n) is 22.1. The summed E-state index contributed by atoms with van der Waals surface area (Å²) in [6, 6.07) is 12.5. The van der Waals surface area contributed by atoms with Crippen LogP contribution in [0.5, 0.6) is 0 Å². The number of anilines is 1. The minimum Gasteiger partial charge on any atom is -0.367 e. The molecule has 1 atom stereocenters. The lowest BCUT2D eigenvalue weighted by Crippen LogP contribution is -2.49. The first kappa shape index (κ1) is 25.1. The van der Waals surface area contributed by atoms with Gasteiger partial charge in [-0.15, -0.1) is 5.10 Å². The average Bonchev–Trinajstić information content (AvgIpc) is 3.37. The summed E-state index contributed by atoms with van der Waals surface area (Å²) in [5, 5.41) is 13.8. The highest BCUT2D eigenvalue weighted by atomic mass is 19.1. The standard InChI is InChI=1S/C28H34FN7O/c1-6-28(4,5)36-26(31-32-33-36)25(21-17-20-15-18(2)19(3)16-23(20)30-27(21)37)35-13-11-34(12-14-35)24-10-8-7-9-22(24)29/h7-10,15-17,25H,6,11-14H2,1-5H3,(H,30,37)/t25-/m1/s1. The molecule has 1 aliphatic heterocycles. The lowest BCUT2D eigenvalue weighted by Gasteiger charge is -2.40. The lowest BCUT2D eigenvalue weighted by molar-refractivity contribution is 0.186. The summed E-state index contributed by atoms with van der Waals surface area (Å²) in [4.78, 5) is 20.9. The van der Waals surface area contributed by atoms with Gasteiger partial charge in [0.25, 0.3) is 5.56 Å². The van der Waals surface area contributed by atoms with Gasteiger partial charge in [0.15, 0.2) is 5.82 Å². The number of nitrogens with one attached hydrogen (secondary N) is 1. The van der Waals surface area contributed by atoms with E-state index in [0.29, 0.717) is 43.3 Å². The first-order valence-electron chi connectivity index (χ1n) is 12.9. The first-order chi connectivity index (χ1) is 17.7. The number of rotatable bonds is 6. The fraction of sp³-hybridized carbons (Fsp3) is 0.429. The number of fused-ring (bicyclic) bond motifs is 1. The molecule has 0 amide bonds. The Hall–Kier alpha value is -3.59. The molecule has 37 heavy (non-hydrogen) atoms. The predicted octanol–water partition coefficient (Wildman–Crippen LogP) is 4.33. The fourth-order valence-electron chi connectivity index (χ4n) is 5.07. The zero-order chi connectivity index (χ0) is 26.3. The van der Waals surface area contributed by atoms with Crippen LogP contribution in [0.25, 0.3) is 10.9 Å². The van der Waals surface area contributed by atoms with E-state index in [-0.39, 0.29) is 16.9 Å². The summed E-state index contributed by atoms with van der Waals surface area (Å²) in [5.41, 5.74) is 3.84. The van der Waals surface area contributed by atoms with Crippen molar-refractivity contribution in [3.8, 4) is 0 Å². The Morgan fingerprint density at radius 1 is 1.05 bits per heavy atom. The Balaban J connectivity index is 1.59. The molecule has 8 nitrogen and oxygen atoms in total. The number of aryl methyl sites for hydroxylation is 2. The molecule has 0 unspecified atom stereocenters. The summed E-state index contributed by atoms with van der Waals surface area (Å²) < 4.78 is 16.3. The van der Waals surface area contributed by atoms with E-state index >= 15 is 0 Å². The molecule has 1 N–H and O–H groups in total. The van der Waals surface area contributed by atoms with Crippen molar-refractivity contribution in [2.75, 3.05) is 31.1 Å². The van der Waals surface area contributed by atoms with Crippen LogP contribution in [0.3, 0.4) is 0 Å².